The highest BCUT2D eigenvalue weighted by molar-refractivity contribution is 7.90. The first kappa shape index (κ1) is 20.6. The molecule has 2 aromatic carbocycles. The normalized spacial score (nSPS) is 23.1. The molecular weight excluding hydrogens is 447 g/mol. The highest BCUT2D eigenvalue weighted by Crippen LogP contribution is 2.42. The third-order valence-corrected chi connectivity index (χ3v) is 7.77. The number of carbonyl (C=O) groups is 2. The summed E-state index contributed by atoms with van der Waals surface area (Å²) in [4.78, 5) is 25.7. The van der Waals surface area contributed by atoms with Gasteiger partial charge in [0.05, 0.1) is 11.7 Å². The number of hydrogen-bond acceptors (Lipinski definition) is 4. The molecule has 0 spiro atoms. The fourth-order valence-electron chi connectivity index (χ4n) is 4.53. The van der Waals surface area contributed by atoms with Gasteiger partial charge in [-0.1, -0.05) is 18.2 Å². The summed E-state index contributed by atoms with van der Waals surface area (Å²) in [5.41, 5.74) is 1.24. The van der Waals surface area contributed by atoms with Crippen molar-refractivity contribution in [2.45, 2.75) is 17.4 Å². The third-order valence-electron chi connectivity index (χ3n) is 5.98. The summed E-state index contributed by atoms with van der Waals surface area (Å²) in [6.45, 7) is -0.573. The first-order valence-electron chi connectivity index (χ1n) is 9.75. The van der Waals surface area contributed by atoms with Gasteiger partial charge in [0.15, 0.2) is 11.6 Å². The van der Waals surface area contributed by atoms with E-state index in [1.54, 1.807) is 12.1 Å². The molecule has 1 N–H and O–H groups in total. The van der Waals surface area contributed by atoms with Crippen molar-refractivity contribution in [3.05, 3.63) is 65.5 Å². The van der Waals surface area contributed by atoms with Gasteiger partial charge in [-0.2, -0.15) is 0 Å². The standard InChI is InChI=1S/C21H16F3N3O4S/c22-13-3-1-2-11(6-13)15-8-14-7-12(15)9-26(14)18(28)10-27-21(29)25-17-5-4-16(23)19(24)20(17)32(27,30)31/h1-6,8,12,14H,7,9-10H2,(H,25,29). The molecule has 7 nitrogen and oxygen atoms in total. The molecule has 1 aliphatic carbocycles. The monoisotopic (exact) mass is 463 g/mol. The average Bonchev–Trinajstić information content (AvgIpc) is 3.34. The number of benzene rings is 2. The number of nitrogens with zero attached hydrogens (tertiary/aromatic N) is 2. The van der Waals surface area contributed by atoms with E-state index in [1.165, 1.54) is 17.0 Å². The number of sulfonamides is 1. The Morgan fingerprint density at radius 2 is 1.94 bits per heavy atom. The van der Waals surface area contributed by atoms with Crippen LogP contribution >= 0.6 is 0 Å². The highest BCUT2D eigenvalue weighted by Gasteiger charge is 2.45. The zero-order valence-corrected chi connectivity index (χ0v) is 17.2. The molecule has 5 rings (SSSR count). The van der Waals surface area contributed by atoms with Gasteiger partial charge in [-0.25, -0.2) is 30.7 Å². The molecule has 2 atom stereocenters. The maximum atomic E-state index is 14.2. The summed E-state index contributed by atoms with van der Waals surface area (Å²) in [6.07, 6.45) is 2.43. The highest BCUT2D eigenvalue weighted by atomic mass is 32.2. The summed E-state index contributed by atoms with van der Waals surface area (Å²) in [5.74, 6) is -4.08. The van der Waals surface area contributed by atoms with Crippen LogP contribution in [-0.4, -0.2) is 48.7 Å². The Morgan fingerprint density at radius 3 is 2.62 bits per heavy atom. The summed E-state index contributed by atoms with van der Waals surface area (Å²) in [7, 11) is -4.78. The molecule has 2 unspecified atom stereocenters. The predicted octanol–water partition coefficient (Wildman–Crippen LogP) is 2.95. The van der Waals surface area contributed by atoms with E-state index in [0.29, 0.717) is 12.5 Å². The molecule has 11 heteroatoms. The number of nitrogens with one attached hydrogen (secondary N) is 1. The summed E-state index contributed by atoms with van der Waals surface area (Å²) < 4.78 is 67.2. The number of halogens is 3. The van der Waals surface area contributed by atoms with Crippen LogP contribution in [0.15, 0.2) is 47.4 Å². The number of hydrogen-bond donors (Lipinski definition) is 1. The number of anilines is 1. The van der Waals surface area contributed by atoms with Crippen LogP contribution < -0.4 is 5.32 Å². The molecule has 166 valence electrons. The number of likely N-dealkylation sites (tertiary alicyclic amines) is 1. The zero-order chi connectivity index (χ0) is 22.8. The molecule has 1 fully saturated rings. The molecule has 0 saturated carbocycles. The SMILES string of the molecule is O=C(CN1C(=O)Nc2ccc(F)c(F)c2S1(=O)=O)N1CC2CC1C=C2c1cccc(F)c1. The van der Waals surface area contributed by atoms with Crippen LogP contribution in [0.5, 0.6) is 0 Å². The lowest BCUT2D eigenvalue weighted by atomic mass is 9.95. The minimum atomic E-state index is -4.78. The Labute approximate surface area is 181 Å². The Kier molecular flexibility index (Phi) is 4.55. The lowest BCUT2D eigenvalue weighted by molar-refractivity contribution is -0.131. The lowest BCUT2D eigenvalue weighted by Gasteiger charge is -2.32. The molecule has 2 aliphatic heterocycles. The van der Waals surface area contributed by atoms with Crippen LogP contribution in [-0.2, 0) is 14.8 Å². The largest absolute Gasteiger partial charge is 0.336 e. The van der Waals surface area contributed by atoms with Crippen LogP contribution in [0.4, 0.5) is 23.7 Å². The second kappa shape index (κ2) is 7.09. The van der Waals surface area contributed by atoms with Gasteiger partial charge in [0.25, 0.3) is 10.0 Å². The first-order valence-corrected chi connectivity index (χ1v) is 11.2. The molecule has 3 aliphatic rings. The Bertz CT molecular complexity index is 1310. The summed E-state index contributed by atoms with van der Waals surface area (Å²) in [5, 5.41) is 2.18. The van der Waals surface area contributed by atoms with Crippen molar-refractivity contribution in [1.29, 1.82) is 0 Å². The number of amides is 3. The van der Waals surface area contributed by atoms with Gasteiger partial charge in [0.2, 0.25) is 5.91 Å². The van der Waals surface area contributed by atoms with Crippen molar-refractivity contribution in [3.63, 3.8) is 0 Å². The predicted molar refractivity (Wildman–Crippen MR) is 107 cm³/mol. The van der Waals surface area contributed by atoms with Crippen molar-refractivity contribution < 1.29 is 31.2 Å². The molecule has 0 aromatic heterocycles. The van der Waals surface area contributed by atoms with Gasteiger partial charge < -0.3 is 10.2 Å². The van der Waals surface area contributed by atoms with Crippen molar-refractivity contribution >= 4 is 33.2 Å². The van der Waals surface area contributed by atoms with Crippen LogP contribution in [0, 0.1) is 23.4 Å². The fraction of sp³-hybridized carbons (Fsp3) is 0.238. The van der Waals surface area contributed by atoms with Gasteiger partial charge >= 0.3 is 6.03 Å². The Morgan fingerprint density at radius 1 is 1.16 bits per heavy atom. The van der Waals surface area contributed by atoms with Crippen molar-refractivity contribution in [3.8, 4) is 0 Å². The van der Waals surface area contributed by atoms with E-state index in [4.69, 9.17) is 0 Å². The van der Waals surface area contributed by atoms with E-state index in [9.17, 15) is 31.2 Å². The van der Waals surface area contributed by atoms with E-state index < -0.39 is 45.0 Å². The van der Waals surface area contributed by atoms with Crippen LogP contribution in [0.3, 0.4) is 0 Å². The average molecular weight is 463 g/mol. The van der Waals surface area contributed by atoms with E-state index in [1.807, 2.05) is 6.08 Å². The second-order valence-electron chi connectivity index (χ2n) is 7.86. The third kappa shape index (κ3) is 3.07. The van der Waals surface area contributed by atoms with Crippen molar-refractivity contribution in [1.82, 2.24) is 9.21 Å². The molecule has 2 aromatic rings. The molecule has 32 heavy (non-hydrogen) atoms. The summed E-state index contributed by atoms with van der Waals surface area (Å²) >= 11 is 0. The van der Waals surface area contributed by atoms with Crippen molar-refractivity contribution in [2.75, 3.05) is 18.4 Å². The van der Waals surface area contributed by atoms with E-state index in [2.05, 4.69) is 5.32 Å². The number of carbonyl (C=O) groups excluding carboxylic acids is 2. The minimum absolute atomic E-state index is 0.0511. The van der Waals surface area contributed by atoms with E-state index >= 15 is 0 Å². The molecule has 2 heterocycles. The number of fused-ring (bicyclic) bond motifs is 3. The fourth-order valence-corrected chi connectivity index (χ4v) is 6.02. The van der Waals surface area contributed by atoms with Crippen molar-refractivity contribution in [2.24, 2.45) is 5.92 Å². The lowest BCUT2D eigenvalue weighted by Crippen LogP contribution is -2.50. The molecule has 2 bridgehead atoms. The zero-order valence-electron chi connectivity index (χ0n) is 16.4. The maximum absolute atomic E-state index is 14.2. The number of urea groups is 1. The van der Waals surface area contributed by atoms with Gasteiger partial charge in [-0.3, -0.25) is 4.79 Å². The van der Waals surface area contributed by atoms with Gasteiger partial charge in [-0.15, -0.1) is 0 Å². The smallest absolute Gasteiger partial charge is 0.334 e. The maximum Gasteiger partial charge on any atom is 0.336 e. The molecule has 3 amide bonds. The summed E-state index contributed by atoms with van der Waals surface area (Å²) in [6, 6.07) is 6.31. The Balaban J connectivity index is 1.38. The molecule has 0 radical (unpaired) electrons. The van der Waals surface area contributed by atoms with Gasteiger partial charge in [-0.05, 0) is 41.8 Å². The Hall–Kier alpha value is -3.34. The van der Waals surface area contributed by atoms with E-state index in [-0.39, 0.29) is 34.3 Å². The van der Waals surface area contributed by atoms with Gasteiger partial charge in [0.1, 0.15) is 17.3 Å². The van der Waals surface area contributed by atoms with Crippen LogP contribution in [0.25, 0.3) is 5.57 Å². The molecule has 1 saturated heterocycles. The minimum Gasteiger partial charge on any atom is -0.334 e. The topological polar surface area (TPSA) is 86.8 Å². The molecular formula is C21H16F3N3O4S. The van der Waals surface area contributed by atoms with E-state index in [0.717, 1.165) is 17.2 Å². The van der Waals surface area contributed by atoms with Crippen LogP contribution in [0.2, 0.25) is 0 Å². The quantitative estimate of drug-likeness (QED) is 0.759. The van der Waals surface area contributed by atoms with Gasteiger partial charge in [0, 0.05) is 12.5 Å². The number of rotatable bonds is 3. The second-order valence-corrected chi connectivity index (χ2v) is 9.66. The van der Waals surface area contributed by atoms with Crippen LogP contribution in [0.1, 0.15) is 12.0 Å². The first-order chi connectivity index (χ1) is 15.2.